The maximum Gasteiger partial charge on any atom is 2.00 e. The first-order valence-electron chi connectivity index (χ1n) is 12.7. The maximum atomic E-state index is 6.45. The number of halogens is 2. The smallest absolute Gasteiger partial charge is 1.00 e. The topological polar surface area (TPSA) is 21.6 Å². The Bertz CT molecular complexity index is 1090. The van der Waals surface area contributed by atoms with Crippen molar-refractivity contribution >= 4 is 11.9 Å². The van der Waals surface area contributed by atoms with Crippen LogP contribution < -0.4 is 38.7 Å². The van der Waals surface area contributed by atoms with Crippen molar-refractivity contribution in [3.05, 3.63) is 94.0 Å². The minimum atomic E-state index is 0. The normalized spacial score (nSPS) is 11.0. The molecule has 0 N–H and O–H groups in total. The minimum absolute atomic E-state index is 0. The van der Waals surface area contributed by atoms with Crippen molar-refractivity contribution in [1.82, 2.24) is 0 Å². The van der Waals surface area contributed by atoms with E-state index in [9.17, 15) is 0 Å². The van der Waals surface area contributed by atoms with Crippen molar-refractivity contribution in [1.29, 1.82) is 0 Å². The molecule has 0 bridgehead atoms. The van der Waals surface area contributed by atoms with Gasteiger partial charge in [0, 0.05) is 6.21 Å². The van der Waals surface area contributed by atoms with Crippen molar-refractivity contribution in [2.45, 2.75) is 85.7 Å². The van der Waals surface area contributed by atoms with Gasteiger partial charge in [0.25, 0.3) is 0 Å². The van der Waals surface area contributed by atoms with E-state index in [0.717, 1.165) is 22.6 Å². The number of hydrogen-bond acceptors (Lipinski definition) is 2. The van der Waals surface area contributed by atoms with Gasteiger partial charge >= 0.3 is 16.5 Å². The van der Waals surface area contributed by atoms with Crippen LogP contribution in [0, 0.1) is 0 Å². The molecule has 0 fully saturated rings. The van der Waals surface area contributed by atoms with Gasteiger partial charge in [-0.1, -0.05) is 110 Å². The monoisotopic (exact) mass is 671 g/mol. The Labute approximate surface area is 256 Å². The summed E-state index contributed by atoms with van der Waals surface area (Å²) >= 11 is 0. The second-order valence-electron chi connectivity index (χ2n) is 10.5. The molecule has 0 aliphatic heterocycles. The number of benzene rings is 3. The first kappa shape index (κ1) is 35.6. The van der Waals surface area contributed by atoms with Crippen molar-refractivity contribution < 1.29 is 55.2 Å². The molecule has 0 aliphatic carbocycles. The van der Waals surface area contributed by atoms with E-state index >= 15 is 0 Å². The molecule has 0 atom stereocenters. The minimum Gasteiger partial charge on any atom is -1.00 e. The van der Waals surface area contributed by atoms with Crippen LogP contribution in [0.15, 0.2) is 65.7 Å². The molecule has 204 valence electrons. The molecule has 0 radical (unpaired) electrons. The Morgan fingerprint density at radius 1 is 0.649 bits per heavy atom. The number of nitrogens with zero attached hydrogens (tertiary/aromatic N) is 1. The second kappa shape index (κ2) is 16.5. The average Bonchev–Trinajstić information content (AvgIpc) is 2.80. The van der Waals surface area contributed by atoms with Crippen LogP contribution in [0.5, 0.6) is 5.75 Å². The van der Waals surface area contributed by atoms with Gasteiger partial charge in [-0.2, -0.15) is 0 Å². The molecule has 2 nitrogen and oxygen atoms in total. The van der Waals surface area contributed by atoms with E-state index in [1.165, 1.54) is 22.3 Å². The molecule has 5 heteroatoms. The van der Waals surface area contributed by atoms with E-state index in [0.29, 0.717) is 30.3 Å². The SMILES string of the molecule is CC(C)c1cccc(C(C)C)c1N=Cc1cccc(COc2c(C(C)C)cccc2C(C)C)c1.[Br-].[Br-].[Ni+2]. The van der Waals surface area contributed by atoms with E-state index in [2.05, 4.69) is 116 Å². The summed E-state index contributed by atoms with van der Waals surface area (Å²) in [6.07, 6.45) is 2.00. The van der Waals surface area contributed by atoms with E-state index in [4.69, 9.17) is 9.73 Å². The maximum absolute atomic E-state index is 6.45. The molecular weight excluding hydrogens is 633 g/mol. The van der Waals surface area contributed by atoms with Gasteiger partial charge < -0.3 is 38.7 Å². The summed E-state index contributed by atoms with van der Waals surface area (Å²) in [5, 5.41) is 0. The quantitative estimate of drug-likeness (QED) is 0.252. The summed E-state index contributed by atoms with van der Waals surface area (Å²) in [6, 6.07) is 21.6. The van der Waals surface area contributed by atoms with Gasteiger partial charge in [-0.05, 0) is 63.1 Å². The van der Waals surface area contributed by atoms with E-state index in [-0.39, 0.29) is 50.5 Å². The first-order chi connectivity index (χ1) is 16.2. The van der Waals surface area contributed by atoms with Crippen molar-refractivity contribution in [3.8, 4) is 5.75 Å². The molecule has 0 aliphatic rings. The molecule has 3 rings (SSSR count). The summed E-state index contributed by atoms with van der Waals surface area (Å²) < 4.78 is 6.45. The molecule has 0 heterocycles. The Balaban J connectivity index is 0.00000432. The molecule has 3 aromatic rings. The van der Waals surface area contributed by atoms with Crippen LogP contribution in [0.1, 0.15) is 112 Å². The predicted octanol–water partition coefficient (Wildman–Crippen LogP) is 3.52. The molecule has 0 saturated heterocycles. The van der Waals surface area contributed by atoms with Crippen LogP contribution >= 0.6 is 0 Å². The fraction of sp³-hybridized carbons (Fsp3) is 0.406. The van der Waals surface area contributed by atoms with Crippen LogP contribution in [0.25, 0.3) is 0 Å². The Morgan fingerprint density at radius 3 is 1.54 bits per heavy atom. The number of hydrogen-bond donors (Lipinski definition) is 0. The molecule has 37 heavy (non-hydrogen) atoms. The summed E-state index contributed by atoms with van der Waals surface area (Å²) in [7, 11) is 0. The predicted molar refractivity (Wildman–Crippen MR) is 147 cm³/mol. The third kappa shape index (κ3) is 9.37. The van der Waals surface area contributed by atoms with Gasteiger partial charge in [-0.3, -0.25) is 4.99 Å². The molecule has 0 spiro atoms. The molecule has 0 amide bonds. The Kier molecular flexibility index (Phi) is 15.9. The van der Waals surface area contributed by atoms with Crippen LogP contribution in [0.3, 0.4) is 0 Å². The second-order valence-corrected chi connectivity index (χ2v) is 10.5. The first-order valence-corrected chi connectivity index (χ1v) is 12.7. The average molecular weight is 674 g/mol. The Morgan fingerprint density at radius 2 is 1.08 bits per heavy atom. The molecular formula is C32H41Br2NNiO. The van der Waals surface area contributed by atoms with Gasteiger partial charge in [0.05, 0.1) is 5.69 Å². The largest absolute Gasteiger partial charge is 2.00 e. The third-order valence-electron chi connectivity index (χ3n) is 6.34. The zero-order chi connectivity index (χ0) is 24.8. The Hall–Kier alpha value is -1.42. The standard InChI is InChI=1S/C32H41NO.2BrH.Ni/c1-21(2)27-14-10-15-28(22(3)4)31(27)33-19-25-12-9-13-26(18-25)20-34-32-29(23(5)6)16-11-17-30(32)24(7)8;;;/h9-19,21-24H,20H2,1-8H3;2*1H;/q;;;+2/p-2. The molecule has 0 aromatic heterocycles. The van der Waals surface area contributed by atoms with E-state index in [1.807, 2.05) is 6.21 Å². The zero-order valence-electron chi connectivity index (χ0n) is 23.3. The van der Waals surface area contributed by atoms with E-state index < -0.39 is 0 Å². The summed E-state index contributed by atoms with van der Waals surface area (Å²) in [5.74, 6) is 2.74. The van der Waals surface area contributed by atoms with Crippen molar-refractivity contribution in [3.63, 3.8) is 0 Å². The molecule has 0 saturated carbocycles. The van der Waals surface area contributed by atoms with Gasteiger partial charge in [-0.15, -0.1) is 0 Å². The number of ether oxygens (including phenoxy) is 1. The fourth-order valence-electron chi connectivity index (χ4n) is 4.37. The number of aliphatic imine (C=N–C) groups is 1. The fourth-order valence-corrected chi connectivity index (χ4v) is 4.37. The van der Waals surface area contributed by atoms with Gasteiger partial charge in [0.15, 0.2) is 0 Å². The number of para-hydroxylation sites is 2. The zero-order valence-corrected chi connectivity index (χ0v) is 27.5. The van der Waals surface area contributed by atoms with Crippen LogP contribution in [-0.2, 0) is 23.1 Å². The van der Waals surface area contributed by atoms with Gasteiger partial charge in [0.1, 0.15) is 12.4 Å². The summed E-state index contributed by atoms with van der Waals surface area (Å²) in [6.45, 7) is 18.4. The van der Waals surface area contributed by atoms with Crippen molar-refractivity contribution in [2.24, 2.45) is 4.99 Å². The van der Waals surface area contributed by atoms with Crippen LogP contribution in [0.2, 0.25) is 0 Å². The summed E-state index contributed by atoms with van der Waals surface area (Å²) in [5.41, 5.74) is 8.50. The third-order valence-corrected chi connectivity index (χ3v) is 6.34. The van der Waals surface area contributed by atoms with Crippen LogP contribution in [-0.4, -0.2) is 6.21 Å². The molecule has 0 unspecified atom stereocenters. The van der Waals surface area contributed by atoms with Crippen molar-refractivity contribution in [2.75, 3.05) is 0 Å². The van der Waals surface area contributed by atoms with E-state index in [1.54, 1.807) is 0 Å². The van der Waals surface area contributed by atoms with Gasteiger partial charge in [0.2, 0.25) is 0 Å². The molecule has 3 aromatic carbocycles. The number of rotatable bonds is 9. The van der Waals surface area contributed by atoms with Gasteiger partial charge in [-0.25, -0.2) is 0 Å². The summed E-state index contributed by atoms with van der Waals surface area (Å²) in [4.78, 5) is 4.99. The van der Waals surface area contributed by atoms with Crippen LogP contribution in [0.4, 0.5) is 5.69 Å².